The summed E-state index contributed by atoms with van der Waals surface area (Å²) in [5.74, 6) is 0. The third kappa shape index (κ3) is 3.40. The van der Waals surface area contributed by atoms with Crippen molar-refractivity contribution in [2.75, 3.05) is 0 Å². The molecule has 0 saturated carbocycles. The van der Waals surface area contributed by atoms with Crippen LogP contribution in [-0.4, -0.2) is 0 Å². The highest BCUT2D eigenvalue weighted by atomic mass is 32.1. The predicted molar refractivity (Wildman–Crippen MR) is 198 cm³/mol. The van der Waals surface area contributed by atoms with Gasteiger partial charge in [0.1, 0.15) is 11.2 Å². The van der Waals surface area contributed by atoms with Gasteiger partial charge >= 0.3 is 0 Å². The summed E-state index contributed by atoms with van der Waals surface area (Å²) in [6.45, 7) is 0. The highest BCUT2D eigenvalue weighted by Gasteiger charge is 2.17. The van der Waals surface area contributed by atoms with E-state index in [-0.39, 0.29) is 0 Å². The Morgan fingerprint density at radius 2 is 0.913 bits per heavy atom. The Morgan fingerprint density at radius 1 is 0.348 bits per heavy atom. The second kappa shape index (κ2) is 9.07. The van der Waals surface area contributed by atoms with Crippen molar-refractivity contribution in [3.05, 3.63) is 133 Å². The van der Waals surface area contributed by atoms with Crippen LogP contribution < -0.4 is 0 Å². The fraction of sp³-hybridized carbons (Fsp3) is 0. The van der Waals surface area contributed by atoms with E-state index in [1.54, 1.807) is 0 Å². The van der Waals surface area contributed by atoms with Gasteiger partial charge in [0.25, 0.3) is 0 Å². The average molecular weight is 623 g/mol. The monoisotopic (exact) mass is 622 g/mol. The average Bonchev–Trinajstić information content (AvgIpc) is 3.87. The number of fused-ring (bicyclic) bond motifs is 14. The zero-order valence-electron chi connectivity index (χ0n) is 24.3. The number of rotatable bonds is 2. The van der Waals surface area contributed by atoms with Crippen LogP contribution in [0.15, 0.2) is 142 Å². The van der Waals surface area contributed by atoms with Gasteiger partial charge < -0.3 is 8.83 Å². The van der Waals surface area contributed by atoms with E-state index in [4.69, 9.17) is 8.83 Å². The molecule has 4 heterocycles. The molecule has 0 spiro atoms. The second-order valence-corrected chi connectivity index (χ2v) is 14.2. The highest BCUT2D eigenvalue weighted by molar-refractivity contribution is 7.29. The highest BCUT2D eigenvalue weighted by Crippen LogP contribution is 2.45. The van der Waals surface area contributed by atoms with Crippen LogP contribution in [0.4, 0.5) is 0 Å². The van der Waals surface area contributed by atoms with E-state index in [0.717, 1.165) is 49.4 Å². The molecule has 214 valence electrons. The third-order valence-electron chi connectivity index (χ3n) is 9.51. The zero-order chi connectivity index (χ0) is 29.9. The van der Waals surface area contributed by atoms with Gasteiger partial charge in [0.05, 0.1) is 0 Å². The van der Waals surface area contributed by atoms with Gasteiger partial charge in [-0.3, -0.25) is 0 Å². The fourth-order valence-electron chi connectivity index (χ4n) is 7.27. The van der Waals surface area contributed by atoms with Gasteiger partial charge in [0, 0.05) is 61.9 Å². The Morgan fingerprint density at radius 3 is 1.72 bits per heavy atom. The van der Waals surface area contributed by atoms with E-state index in [0.29, 0.717) is 0 Å². The van der Waals surface area contributed by atoms with Crippen molar-refractivity contribution in [1.29, 1.82) is 0 Å². The van der Waals surface area contributed by atoms with Crippen molar-refractivity contribution in [2.24, 2.45) is 0 Å². The lowest BCUT2D eigenvalue weighted by atomic mass is 9.98. The molecule has 4 aromatic heterocycles. The minimum Gasteiger partial charge on any atom is -0.452 e. The minimum absolute atomic E-state index is 0.806. The maximum absolute atomic E-state index is 6.37. The maximum Gasteiger partial charge on any atom is 0.178 e. The smallest absolute Gasteiger partial charge is 0.178 e. The summed E-state index contributed by atoms with van der Waals surface area (Å²) < 4.78 is 18.1. The van der Waals surface area contributed by atoms with Gasteiger partial charge in [-0.2, -0.15) is 0 Å². The summed E-state index contributed by atoms with van der Waals surface area (Å²) in [6.07, 6.45) is 0. The van der Waals surface area contributed by atoms with E-state index in [1.165, 1.54) is 57.0 Å². The van der Waals surface area contributed by atoms with Crippen molar-refractivity contribution in [2.45, 2.75) is 0 Å². The molecule has 0 radical (unpaired) electrons. The maximum atomic E-state index is 6.37. The molecule has 0 amide bonds. The Bertz CT molecular complexity index is 3020. The van der Waals surface area contributed by atoms with Crippen LogP contribution in [0.2, 0.25) is 0 Å². The number of benzene rings is 7. The second-order valence-electron chi connectivity index (χ2n) is 12.0. The van der Waals surface area contributed by atoms with Crippen molar-refractivity contribution < 1.29 is 8.83 Å². The molecule has 0 unspecified atom stereocenters. The molecular weight excluding hydrogens is 601 g/mol. The summed E-state index contributed by atoms with van der Waals surface area (Å²) in [7, 11) is 0. The van der Waals surface area contributed by atoms with Crippen LogP contribution in [0.3, 0.4) is 0 Å². The summed E-state index contributed by atoms with van der Waals surface area (Å²) in [5, 5.41) is 9.80. The molecule has 0 N–H and O–H groups in total. The summed E-state index contributed by atoms with van der Waals surface area (Å²) >= 11 is 3.80. The molecule has 46 heavy (non-hydrogen) atoms. The molecule has 7 aromatic carbocycles. The van der Waals surface area contributed by atoms with Crippen molar-refractivity contribution >= 4 is 107 Å². The standard InChI is InChI=1S/C42H22O2S2/c1-3-7-34-27(5-1)28-15-16-29-32-21-25(13-18-35(32)44-41(29)40(28)43-34)23-9-11-24(12-10-23)26-14-19-37-33(22-26)30-17-20-38-39(42(30)46-37)31-6-2-4-8-36(31)45-38/h1-22H. The molecule has 0 aliphatic carbocycles. The lowest BCUT2D eigenvalue weighted by Crippen LogP contribution is -1.81. The summed E-state index contributed by atoms with van der Waals surface area (Å²) in [4.78, 5) is 0. The first kappa shape index (κ1) is 24.8. The number of hydrogen-bond donors (Lipinski definition) is 0. The largest absolute Gasteiger partial charge is 0.452 e. The van der Waals surface area contributed by atoms with Gasteiger partial charge in [0.2, 0.25) is 0 Å². The SMILES string of the molecule is c1ccc2c(c1)oc1c2ccc2c3cc(-c4ccc(-c5ccc6sc7c(ccc8sc9ccccc9c87)c6c5)cc4)ccc3oc21. The Hall–Kier alpha value is -5.42. The Labute approximate surface area is 270 Å². The molecule has 11 aromatic rings. The van der Waals surface area contributed by atoms with E-state index < -0.39 is 0 Å². The topological polar surface area (TPSA) is 26.3 Å². The molecule has 11 rings (SSSR count). The van der Waals surface area contributed by atoms with E-state index >= 15 is 0 Å². The normalized spacial score (nSPS) is 12.3. The lowest BCUT2D eigenvalue weighted by molar-refractivity contribution is 0.633. The van der Waals surface area contributed by atoms with Gasteiger partial charge in [-0.25, -0.2) is 0 Å². The van der Waals surface area contributed by atoms with Crippen LogP contribution >= 0.6 is 22.7 Å². The van der Waals surface area contributed by atoms with Crippen molar-refractivity contribution in [3.63, 3.8) is 0 Å². The minimum atomic E-state index is 0.806. The van der Waals surface area contributed by atoms with Gasteiger partial charge in [-0.15, -0.1) is 22.7 Å². The molecule has 2 nitrogen and oxygen atoms in total. The molecule has 4 heteroatoms. The van der Waals surface area contributed by atoms with Gasteiger partial charge in [0.15, 0.2) is 11.2 Å². The van der Waals surface area contributed by atoms with Crippen LogP contribution in [-0.2, 0) is 0 Å². The summed E-state index contributed by atoms with van der Waals surface area (Å²) in [6, 6.07) is 48.2. The van der Waals surface area contributed by atoms with Crippen LogP contribution in [0.1, 0.15) is 0 Å². The van der Waals surface area contributed by atoms with Gasteiger partial charge in [-0.05, 0) is 76.9 Å². The molecule has 0 aliphatic heterocycles. The van der Waals surface area contributed by atoms with E-state index in [9.17, 15) is 0 Å². The first-order valence-corrected chi connectivity index (χ1v) is 17.0. The number of thiophene rings is 2. The predicted octanol–water partition coefficient (Wildman–Crippen LogP) is 13.6. The van der Waals surface area contributed by atoms with Crippen LogP contribution in [0, 0.1) is 0 Å². The quantitative estimate of drug-likeness (QED) is 0.192. The zero-order valence-corrected chi connectivity index (χ0v) is 26.0. The molecule has 0 atom stereocenters. The molecule has 0 fully saturated rings. The summed E-state index contributed by atoms with van der Waals surface area (Å²) in [5.41, 5.74) is 8.16. The van der Waals surface area contributed by atoms with E-state index in [1.807, 2.05) is 40.9 Å². The Kier molecular flexibility index (Phi) is 4.90. The molecule has 0 bridgehead atoms. The third-order valence-corrected chi connectivity index (χ3v) is 11.9. The molecule has 0 saturated heterocycles. The van der Waals surface area contributed by atoms with Crippen molar-refractivity contribution in [3.8, 4) is 22.3 Å². The molecule has 0 aliphatic rings. The first-order valence-electron chi connectivity index (χ1n) is 15.4. The van der Waals surface area contributed by atoms with Gasteiger partial charge in [-0.1, -0.05) is 78.9 Å². The van der Waals surface area contributed by atoms with Crippen LogP contribution in [0.5, 0.6) is 0 Å². The Balaban J connectivity index is 0.993. The fourth-order valence-corrected chi connectivity index (χ4v) is 9.70. The van der Waals surface area contributed by atoms with Crippen molar-refractivity contribution in [1.82, 2.24) is 0 Å². The number of para-hydroxylation sites is 1. The number of hydrogen-bond acceptors (Lipinski definition) is 4. The van der Waals surface area contributed by atoms with Crippen LogP contribution in [0.25, 0.3) is 106 Å². The van der Waals surface area contributed by atoms with E-state index in [2.05, 4.69) is 115 Å². The first-order chi connectivity index (χ1) is 22.8. The lowest BCUT2D eigenvalue weighted by Gasteiger charge is -2.06. The number of furan rings is 2. The molecular formula is C42H22O2S2.